The Hall–Kier alpha value is -2.44. The van der Waals surface area contributed by atoms with Gasteiger partial charge in [-0.05, 0) is 143 Å². The van der Waals surface area contributed by atoms with Crippen LogP contribution in [0.2, 0.25) is 0 Å². The molecule has 0 radical (unpaired) electrons. The standard InChI is InChI=1S/C23H34O.C15H25Br.C8H9O.Li/c1-18(2)9-7-10-19(3)11-8-12-20(4)13-14-22-15-21(5)16-23(17-22)24-6;1-13(2)7-5-8-14(3)9-6-10-15(4)11-12-16;1-7-4-3-5-8(6-7)9-2;/h9,11,13,15-17H,7-8,10,12,14H2,1-6H3;7,9,11H,5-6,8,10,12H2,1-4H3;4-6H,1-2H3;/q;;-1;+1/b19-11+,20-13+;14-9+,15-11+;;. The smallest absolute Gasteiger partial charge is 0.554 e. The molecule has 0 aromatic heterocycles. The first kappa shape index (κ1) is 49.7. The average molecular weight is 740 g/mol. The normalized spacial score (nSPS) is 11.6. The van der Waals surface area contributed by atoms with Gasteiger partial charge in [-0.15, -0.1) is 12.1 Å². The van der Waals surface area contributed by atoms with E-state index in [0.717, 1.165) is 42.5 Å². The third-order valence-corrected chi connectivity index (χ3v) is 8.17. The number of benzene rings is 2. The molecule has 0 N–H and O–H groups in total. The number of methoxy groups -OCH3 is 2. The van der Waals surface area contributed by atoms with Crippen LogP contribution in [0, 0.1) is 19.9 Å². The second-order valence-corrected chi connectivity index (χ2v) is 14.2. The molecular formula is C46H68BrLiO2. The molecule has 0 spiro atoms. The minimum Gasteiger partial charge on any atom is -0.554 e. The van der Waals surface area contributed by atoms with Gasteiger partial charge in [-0.2, -0.15) is 17.7 Å². The second-order valence-electron chi connectivity index (χ2n) is 13.6. The average Bonchev–Trinajstić information content (AvgIpc) is 3.04. The van der Waals surface area contributed by atoms with Crippen molar-refractivity contribution < 1.29 is 28.3 Å². The van der Waals surface area contributed by atoms with Crippen molar-refractivity contribution in [3.8, 4) is 11.5 Å². The summed E-state index contributed by atoms with van der Waals surface area (Å²) in [6, 6.07) is 15.1. The van der Waals surface area contributed by atoms with Gasteiger partial charge in [0.1, 0.15) is 5.75 Å². The van der Waals surface area contributed by atoms with Crippen LogP contribution < -0.4 is 28.3 Å². The molecule has 0 saturated heterocycles. The van der Waals surface area contributed by atoms with E-state index in [1.807, 2.05) is 25.1 Å². The fourth-order valence-corrected chi connectivity index (χ4v) is 5.40. The number of hydrogen-bond acceptors (Lipinski definition) is 2. The summed E-state index contributed by atoms with van der Waals surface area (Å²) in [6.07, 6.45) is 24.3. The van der Waals surface area contributed by atoms with Gasteiger partial charge in [0.05, 0.1) is 14.2 Å². The summed E-state index contributed by atoms with van der Waals surface area (Å²) in [4.78, 5) is 0. The molecule has 0 bridgehead atoms. The van der Waals surface area contributed by atoms with Gasteiger partial charge < -0.3 is 9.47 Å². The Morgan fingerprint density at radius 1 is 0.560 bits per heavy atom. The monoisotopic (exact) mass is 738 g/mol. The fourth-order valence-electron chi connectivity index (χ4n) is 4.84. The number of aryl methyl sites for hydroxylation is 2. The Labute approximate surface area is 329 Å². The van der Waals surface area contributed by atoms with Crippen LogP contribution in [0.3, 0.4) is 0 Å². The van der Waals surface area contributed by atoms with Crippen molar-refractivity contribution in [1.82, 2.24) is 0 Å². The molecule has 50 heavy (non-hydrogen) atoms. The van der Waals surface area contributed by atoms with Crippen molar-refractivity contribution >= 4 is 15.9 Å². The summed E-state index contributed by atoms with van der Waals surface area (Å²) in [6.45, 7) is 21.7. The number of halogens is 1. The Bertz CT molecular complexity index is 1380. The summed E-state index contributed by atoms with van der Waals surface area (Å²) >= 11 is 3.42. The van der Waals surface area contributed by atoms with E-state index < -0.39 is 0 Å². The van der Waals surface area contributed by atoms with Crippen LogP contribution in [0.4, 0.5) is 0 Å². The maximum atomic E-state index is 5.35. The Balaban J connectivity index is 0. The second kappa shape index (κ2) is 31.3. The first-order valence-electron chi connectivity index (χ1n) is 17.9. The molecular weight excluding hydrogens is 671 g/mol. The van der Waals surface area contributed by atoms with Gasteiger partial charge in [0.2, 0.25) is 0 Å². The number of hydrogen-bond donors (Lipinski definition) is 0. The fraction of sp³-hybridized carbons (Fsp3) is 0.478. The molecule has 0 heterocycles. The van der Waals surface area contributed by atoms with E-state index in [0.29, 0.717) is 0 Å². The van der Waals surface area contributed by atoms with E-state index >= 15 is 0 Å². The zero-order valence-electron chi connectivity index (χ0n) is 34.2. The van der Waals surface area contributed by atoms with E-state index in [9.17, 15) is 0 Å². The first-order valence-corrected chi connectivity index (χ1v) is 19.0. The summed E-state index contributed by atoms with van der Waals surface area (Å²) in [5.74, 6) is 1.82. The third-order valence-electron chi connectivity index (χ3n) is 7.85. The number of allylic oxidation sites excluding steroid dienone is 12. The molecule has 2 nitrogen and oxygen atoms in total. The van der Waals surface area contributed by atoms with Gasteiger partial charge in [0, 0.05) is 11.1 Å². The molecule has 0 atom stereocenters. The molecule has 4 heteroatoms. The van der Waals surface area contributed by atoms with Gasteiger partial charge >= 0.3 is 18.9 Å². The van der Waals surface area contributed by atoms with Crippen molar-refractivity contribution in [2.24, 2.45) is 0 Å². The zero-order valence-corrected chi connectivity index (χ0v) is 35.8. The van der Waals surface area contributed by atoms with Crippen LogP contribution in [0.25, 0.3) is 0 Å². The molecule has 0 saturated carbocycles. The summed E-state index contributed by atoms with van der Waals surface area (Å²) in [5, 5.41) is 0.974. The van der Waals surface area contributed by atoms with Crippen molar-refractivity contribution in [2.45, 2.75) is 127 Å². The van der Waals surface area contributed by atoms with Crippen molar-refractivity contribution in [2.75, 3.05) is 19.5 Å². The summed E-state index contributed by atoms with van der Waals surface area (Å²) in [5.41, 5.74) is 12.5. The van der Waals surface area contributed by atoms with Crippen LogP contribution in [0.1, 0.15) is 123 Å². The summed E-state index contributed by atoms with van der Waals surface area (Å²) in [7, 11) is 3.38. The molecule has 0 aliphatic carbocycles. The Kier molecular flexibility index (Phi) is 31.1. The van der Waals surface area contributed by atoms with Gasteiger partial charge in [-0.25, -0.2) is 0 Å². The van der Waals surface area contributed by atoms with Crippen molar-refractivity contribution in [3.05, 3.63) is 129 Å². The van der Waals surface area contributed by atoms with E-state index in [1.165, 1.54) is 82.2 Å². The van der Waals surface area contributed by atoms with Gasteiger partial charge in [0.25, 0.3) is 0 Å². The van der Waals surface area contributed by atoms with Crippen LogP contribution in [-0.4, -0.2) is 19.5 Å². The largest absolute Gasteiger partial charge is 1.00 e. The Morgan fingerprint density at radius 3 is 1.42 bits per heavy atom. The predicted octanol–water partition coefficient (Wildman–Crippen LogP) is 11.6. The molecule has 0 unspecified atom stereocenters. The van der Waals surface area contributed by atoms with Gasteiger partial charge in [-0.1, -0.05) is 98.8 Å². The maximum Gasteiger partial charge on any atom is 1.00 e. The zero-order chi connectivity index (χ0) is 37.0. The van der Waals surface area contributed by atoms with E-state index in [4.69, 9.17) is 9.47 Å². The molecule has 0 fully saturated rings. The van der Waals surface area contributed by atoms with Gasteiger partial charge in [0.15, 0.2) is 0 Å². The predicted molar refractivity (Wildman–Crippen MR) is 223 cm³/mol. The van der Waals surface area contributed by atoms with Crippen molar-refractivity contribution in [3.63, 3.8) is 0 Å². The van der Waals surface area contributed by atoms with Gasteiger partial charge in [-0.3, -0.25) is 0 Å². The maximum absolute atomic E-state index is 5.35. The van der Waals surface area contributed by atoms with E-state index in [2.05, 4.69) is 139 Å². The molecule has 272 valence electrons. The number of alkyl halides is 1. The van der Waals surface area contributed by atoms with Crippen LogP contribution >= 0.6 is 15.9 Å². The number of rotatable bonds is 17. The van der Waals surface area contributed by atoms with Crippen LogP contribution in [0.15, 0.2) is 106 Å². The van der Waals surface area contributed by atoms with E-state index in [-0.39, 0.29) is 18.9 Å². The third kappa shape index (κ3) is 29.3. The van der Waals surface area contributed by atoms with Crippen LogP contribution in [-0.2, 0) is 6.42 Å². The summed E-state index contributed by atoms with van der Waals surface area (Å²) < 4.78 is 10.3. The quantitative estimate of drug-likeness (QED) is 0.0696. The number of ether oxygens (including phenoxy) is 2. The Morgan fingerprint density at radius 2 is 1.00 bits per heavy atom. The van der Waals surface area contributed by atoms with Crippen molar-refractivity contribution in [1.29, 1.82) is 0 Å². The minimum atomic E-state index is 0. The topological polar surface area (TPSA) is 18.5 Å². The molecule has 2 rings (SSSR count). The molecule has 2 aromatic rings. The molecule has 0 aliphatic rings. The minimum absolute atomic E-state index is 0. The molecule has 0 amide bonds. The molecule has 2 aromatic carbocycles. The SMILES string of the molecule is CC(C)=CCC/C(C)=C/CC/C(C)=C/CBr.COc1c[c-]cc(C)c1.COc1cc(C)cc(C/C=C(\C)CC/C=C(\C)CCC=C(C)C)c1.[Li+]. The van der Waals surface area contributed by atoms with E-state index in [1.54, 1.807) is 14.2 Å². The van der Waals surface area contributed by atoms with Crippen LogP contribution in [0.5, 0.6) is 11.5 Å². The first-order chi connectivity index (χ1) is 23.3. The molecule has 0 aliphatic heterocycles.